The molecule has 27 heteroatoms. The maximum atomic E-state index is 10.4. The van der Waals surface area contributed by atoms with Crippen molar-refractivity contribution in [2.75, 3.05) is 0 Å². The van der Waals surface area contributed by atoms with Crippen LogP contribution < -0.4 is 0 Å². The molecule has 0 aliphatic heterocycles. The van der Waals surface area contributed by atoms with Gasteiger partial charge in [-0.1, -0.05) is 0 Å². The van der Waals surface area contributed by atoms with E-state index in [9.17, 15) is 60.7 Å². The van der Waals surface area contributed by atoms with Crippen molar-refractivity contribution in [1.82, 2.24) is 0 Å². The molecule has 0 saturated heterocycles. The van der Waals surface area contributed by atoms with E-state index in [2.05, 4.69) is 0 Å². The number of nitrogens with zero attached hydrogens (tertiary/aromatic N) is 6. The molecule has 39 heavy (non-hydrogen) atoms. The van der Waals surface area contributed by atoms with Gasteiger partial charge in [0.2, 0.25) is 0 Å². The third kappa shape index (κ3) is 12.0. The van der Waals surface area contributed by atoms with Crippen molar-refractivity contribution in [2.45, 2.75) is 0 Å². The third-order valence-electron chi connectivity index (χ3n) is 3.32. The minimum atomic E-state index is -1.21. The smallest absolute Gasteiger partial charge is 0.324 e. The van der Waals surface area contributed by atoms with Crippen molar-refractivity contribution in [3.63, 3.8) is 0 Å². The zero-order chi connectivity index (χ0) is 24.9. The van der Waals surface area contributed by atoms with Crippen molar-refractivity contribution >= 4 is 34.1 Å². The molecular formula is C12H18CuN6O20. The fraction of sp³-hybridized carbons (Fsp3) is 0. The summed E-state index contributed by atoms with van der Waals surface area (Å²) in [6.07, 6.45) is 0. The molecule has 0 aromatic heterocycles. The third-order valence-corrected chi connectivity index (χ3v) is 3.32. The molecule has 14 N–H and O–H groups in total. The maximum absolute atomic E-state index is 10.4. The summed E-state index contributed by atoms with van der Waals surface area (Å²) in [5.74, 6) is -2.42. The molecule has 1 radical (unpaired) electrons. The topological polar surface area (TPSA) is 488 Å². The van der Waals surface area contributed by atoms with Gasteiger partial charge in [-0.3, -0.25) is 60.7 Å². The zero-order valence-electron chi connectivity index (χ0n) is 18.1. The molecule has 0 bridgehead atoms. The van der Waals surface area contributed by atoms with E-state index >= 15 is 0 Å². The molecule has 2 rings (SSSR count). The van der Waals surface area contributed by atoms with Gasteiger partial charge in [-0.05, 0) is 0 Å². The first-order valence-electron chi connectivity index (χ1n) is 7.29. The van der Waals surface area contributed by atoms with E-state index in [0.717, 1.165) is 0 Å². The molecule has 0 aliphatic rings. The second kappa shape index (κ2) is 19.9. The van der Waals surface area contributed by atoms with Gasteiger partial charge in [0.1, 0.15) is 0 Å². The van der Waals surface area contributed by atoms with Crippen LogP contribution in [0.2, 0.25) is 0 Å². The summed E-state index contributed by atoms with van der Waals surface area (Å²) in [6, 6.07) is 1.79. The van der Waals surface area contributed by atoms with Crippen LogP contribution in [0.25, 0.3) is 0 Å². The Labute approximate surface area is 220 Å². The number of hydrogen-bond donors (Lipinski definition) is 2. The Morgan fingerprint density at radius 3 is 0.667 bits per heavy atom. The average Bonchev–Trinajstić information content (AvgIpc) is 2.67. The number of aromatic hydroxyl groups is 2. The predicted molar refractivity (Wildman–Crippen MR) is 118 cm³/mol. The van der Waals surface area contributed by atoms with Crippen LogP contribution in [0.4, 0.5) is 34.1 Å². The standard InChI is InChI=1S/2C6H3N3O7.Cu.6H2O/c2*10-6-4(8(13)14)1-3(7(11)12)2-5(6)9(15)16;;;;;;;/h2*1-2,10H;;6*1H2. The maximum Gasteiger partial charge on any atom is 0.324 e. The van der Waals surface area contributed by atoms with Gasteiger partial charge in [-0.2, -0.15) is 0 Å². The monoisotopic (exact) mass is 629 g/mol. The first kappa shape index (κ1) is 50.6. The molecule has 0 saturated carbocycles. The van der Waals surface area contributed by atoms with Crippen LogP contribution in [0.3, 0.4) is 0 Å². The van der Waals surface area contributed by atoms with Gasteiger partial charge in [0.15, 0.2) is 0 Å². The Morgan fingerprint density at radius 1 is 0.410 bits per heavy atom. The zero-order valence-corrected chi connectivity index (χ0v) is 19.0. The van der Waals surface area contributed by atoms with E-state index in [1.165, 1.54) is 0 Å². The fourth-order valence-electron chi connectivity index (χ4n) is 1.95. The minimum absolute atomic E-state index is 0. The molecule has 0 unspecified atom stereocenters. The predicted octanol–water partition coefficient (Wildman–Crippen LogP) is -2.72. The van der Waals surface area contributed by atoms with Gasteiger partial charge >= 0.3 is 22.7 Å². The second-order valence-corrected chi connectivity index (χ2v) is 5.21. The van der Waals surface area contributed by atoms with Crippen molar-refractivity contribution in [2.24, 2.45) is 0 Å². The van der Waals surface area contributed by atoms with Gasteiger partial charge < -0.3 is 43.1 Å². The van der Waals surface area contributed by atoms with E-state index in [4.69, 9.17) is 10.2 Å². The molecule has 0 aliphatic carbocycles. The summed E-state index contributed by atoms with van der Waals surface area (Å²) in [7, 11) is 0. The Balaban J connectivity index is -0.0000000890. The van der Waals surface area contributed by atoms with Gasteiger partial charge in [0.05, 0.1) is 53.8 Å². The number of phenols is 2. The Hall–Kier alpha value is -5.28. The minimum Gasteiger partial charge on any atom is -0.497 e. The number of nitro benzene ring substituents is 6. The summed E-state index contributed by atoms with van der Waals surface area (Å²) in [5.41, 5.74) is -6.00. The van der Waals surface area contributed by atoms with E-state index in [0.29, 0.717) is 24.3 Å². The van der Waals surface area contributed by atoms with Gasteiger partial charge in [-0.25, -0.2) is 0 Å². The van der Waals surface area contributed by atoms with Crippen molar-refractivity contribution in [1.29, 1.82) is 0 Å². The number of nitro groups is 6. The molecule has 2 aromatic rings. The normalized spacial score (nSPS) is 8.00. The summed E-state index contributed by atoms with van der Waals surface area (Å²) in [5, 5.41) is 80.4. The van der Waals surface area contributed by atoms with Crippen molar-refractivity contribution in [3.05, 3.63) is 85.0 Å². The Kier molecular flexibility index (Phi) is 25.7. The molecule has 0 fully saturated rings. The molecular weight excluding hydrogens is 612 g/mol. The van der Waals surface area contributed by atoms with E-state index in [-0.39, 0.29) is 49.9 Å². The Bertz CT molecular complexity index is 1030. The van der Waals surface area contributed by atoms with E-state index in [1.54, 1.807) is 0 Å². The van der Waals surface area contributed by atoms with Crippen LogP contribution in [-0.4, -0.2) is 72.6 Å². The molecule has 0 spiro atoms. The molecule has 0 atom stereocenters. The fourth-order valence-corrected chi connectivity index (χ4v) is 1.95. The first-order chi connectivity index (χ1) is 14.7. The van der Waals surface area contributed by atoms with Crippen LogP contribution in [0.1, 0.15) is 0 Å². The van der Waals surface area contributed by atoms with E-state index in [1.807, 2.05) is 0 Å². The van der Waals surface area contributed by atoms with Crippen LogP contribution in [0, 0.1) is 60.7 Å². The molecule has 227 valence electrons. The van der Waals surface area contributed by atoms with Gasteiger partial charge in [-0.15, -0.1) is 0 Å². The van der Waals surface area contributed by atoms with Crippen LogP contribution >= 0.6 is 0 Å². The average molecular weight is 630 g/mol. The molecule has 0 heterocycles. The molecule has 26 nitrogen and oxygen atoms in total. The summed E-state index contributed by atoms with van der Waals surface area (Å²) < 4.78 is 0. The number of benzene rings is 2. The summed E-state index contributed by atoms with van der Waals surface area (Å²) >= 11 is 0. The summed E-state index contributed by atoms with van der Waals surface area (Å²) in [6.45, 7) is 0. The largest absolute Gasteiger partial charge is 0.497 e. The van der Waals surface area contributed by atoms with Crippen LogP contribution in [0.15, 0.2) is 24.3 Å². The second-order valence-electron chi connectivity index (χ2n) is 5.21. The number of hydrogen-bond acceptors (Lipinski definition) is 14. The van der Waals surface area contributed by atoms with Crippen LogP contribution in [-0.2, 0) is 17.1 Å². The van der Waals surface area contributed by atoms with Gasteiger partial charge in [0.25, 0.3) is 22.9 Å². The van der Waals surface area contributed by atoms with E-state index < -0.39 is 75.2 Å². The molecule has 0 amide bonds. The first-order valence-corrected chi connectivity index (χ1v) is 7.29. The SMILES string of the molecule is O.O.O.O.O.O.O=[N+]([O-])c1cc([N+](=O)[O-])c(O)c([N+](=O)[O-])c1.O=[N+]([O-])c1cc([N+](=O)[O-])c(O)c([N+](=O)[O-])c1.[Cu]. The molecule has 2 aromatic carbocycles. The van der Waals surface area contributed by atoms with Crippen LogP contribution in [0.5, 0.6) is 11.5 Å². The number of rotatable bonds is 6. The van der Waals surface area contributed by atoms with Crippen molar-refractivity contribution in [3.8, 4) is 11.5 Å². The summed E-state index contributed by atoms with van der Waals surface area (Å²) in [4.78, 5) is 55.5. The number of phenolic OH excluding ortho intramolecular Hbond substituents is 2. The number of non-ortho nitro benzene ring substituents is 2. The van der Waals surface area contributed by atoms with Gasteiger partial charge in [0, 0.05) is 17.1 Å². The Morgan fingerprint density at radius 2 is 0.564 bits per heavy atom. The quantitative estimate of drug-likeness (QED) is 0.186. The van der Waals surface area contributed by atoms with Crippen molar-refractivity contribution < 1.29 is 89.7 Å².